The van der Waals surface area contributed by atoms with Gasteiger partial charge in [0, 0.05) is 12.5 Å². The first-order valence-electron chi connectivity index (χ1n) is 6.79. The zero-order valence-corrected chi connectivity index (χ0v) is 11.9. The molecule has 2 aromatic rings. The third kappa shape index (κ3) is 4.18. The number of carbonyl (C=O) groups is 1. The van der Waals surface area contributed by atoms with E-state index in [1.54, 1.807) is 0 Å². The van der Waals surface area contributed by atoms with Crippen LogP contribution in [0.4, 0.5) is 0 Å². The highest BCUT2D eigenvalue weighted by Gasteiger charge is 2.20. The van der Waals surface area contributed by atoms with Gasteiger partial charge in [-0.2, -0.15) is 0 Å². The van der Waals surface area contributed by atoms with E-state index < -0.39 is 0 Å². The summed E-state index contributed by atoms with van der Waals surface area (Å²) in [6, 6.07) is 18.8. The van der Waals surface area contributed by atoms with Gasteiger partial charge in [-0.3, -0.25) is 4.79 Å². The predicted molar refractivity (Wildman–Crippen MR) is 82.5 cm³/mol. The highest BCUT2D eigenvalue weighted by Crippen LogP contribution is 2.10. The Morgan fingerprint density at radius 2 is 1.67 bits per heavy atom. The molecule has 0 aromatic heterocycles. The Labute approximate surface area is 124 Å². The van der Waals surface area contributed by atoms with Gasteiger partial charge in [-0.25, -0.2) is 0 Å². The van der Waals surface area contributed by atoms with Crippen molar-refractivity contribution in [3.05, 3.63) is 71.8 Å². The van der Waals surface area contributed by atoms with Crippen LogP contribution in [-0.2, 0) is 11.2 Å². The van der Waals surface area contributed by atoms with Crippen LogP contribution in [0.15, 0.2) is 65.8 Å². The molecule has 2 rings (SSSR count). The van der Waals surface area contributed by atoms with Gasteiger partial charge >= 0.3 is 0 Å². The molecule has 108 valence electrons. The summed E-state index contributed by atoms with van der Waals surface area (Å²) in [5, 5.41) is 15.6. The molecule has 0 aliphatic rings. The van der Waals surface area contributed by atoms with E-state index in [2.05, 4.69) is 10.5 Å². The zero-order valence-electron chi connectivity index (χ0n) is 11.9. The van der Waals surface area contributed by atoms with Gasteiger partial charge in [0.1, 0.15) is 5.71 Å². The van der Waals surface area contributed by atoms with E-state index in [1.165, 1.54) is 6.92 Å². The molecule has 0 aliphatic heterocycles. The molecule has 0 saturated carbocycles. The van der Waals surface area contributed by atoms with Crippen molar-refractivity contribution in [3.8, 4) is 0 Å². The average molecular weight is 282 g/mol. The number of hydrogen-bond acceptors (Lipinski definition) is 3. The molecule has 21 heavy (non-hydrogen) atoms. The molecule has 0 heterocycles. The van der Waals surface area contributed by atoms with E-state index in [0.29, 0.717) is 12.1 Å². The molecule has 0 bridgehead atoms. The van der Waals surface area contributed by atoms with E-state index in [4.69, 9.17) is 0 Å². The smallest absolute Gasteiger partial charge is 0.217 e. The normalized spacial score (nSPS) is 12.7. The van der Waals surface area contributed by atoms with Crippen LogP contribution < -0.4 is 5.32 Å². The third-order valence-corrected chi connectivity index (χ3v) is 3.17. The number of nitrogens with zero attached hydrogens (tertiary/aromatic N) is 1. The molecule has 1 amide bonds. The topological polar surface area (TPSA) is 61.7 Å². The first-order valence-corrected chi connectivity index (χ1v) is 6.79. The monoisotopic (exact) mass is 282 g/mol. The molecule has 1 unspecified atom stereocenters. The molecule has 0 fully saturated rings. The summed E-state index contributed by atoms with van der Waals surface area (Å²) >= 11 is 0. The second kappa shape index (κ2) is 7.24. The van der Waals surface area contributed by atoms with E-state index in [-0.39, 0.29) is 11.9 Å². The van der Waals surface area contributed by atoms with Crippen LogP contribution in [0.25, 0.3) is 0 Å². The minimum absolute atomic E-state index is 0.159. The first kappa shape index (κ1) is 14.8. The molecular formula is C17H18N2O2. The van der Waals surface area contributed by atoms with Crippen LogP contribution in [0.5, 0.6) is 0 Å². The minimum atomic E-state index is -0.378. The fourth-order valence-electron chi connectivity index (χ4n) is 2.25. The van der Waals surface area contributed by atoms with Crippen LogP contribution in [0.2, 0.25) is 0 Å². The second-order valence-corrected chi connectivity index (χ2v) is 4.79. The van der Waals surface area contributed by atoms with Crippen molar-refractivity contribution in [2.45, 2.75) is 19.4 Å². The molecule has 0 radical (unpaired) electrons. The number of amides is 1. The summed E-state index contributed by atoms with van der Waals surface area (Å²) in [7, 11) is 0. The maximum absolute atomic E-state index is 11.4. The number of carbonyl (C=O) groups excluding carboxylic acids is 1. The number of nitrogens with one attached hydrogen (secondary N) is 1. The van der Waals surface area contributed by atoms with Crippen molar-refractivity contribution in [2.75, 3.05) is 0 Å². The minimum Gasteiger partial charge on any atom is -0.411 e. The lowest BCUT2D eigenvalue weighted by atomic mass is 9.97. The number of rotatable bonds is 5. The fraction of sp³-hybridized carbons (Fsp3) is 0.176. The quantitative estimate of drug-likeness (QED) is 0.503. The van der Waals surface area contributed by atoms with Crippen LogP contribution >= 0.6 is 0 Å². The van der Waals surface area contributed by atoms with Gasteiger partial charge in [0.05, 0.1) is 6.04 Å². The standard InChI is InChI=1S/C17H18N2O2/c1-13(20)18-16(12-14-8-4-2-5-9-14)17(19-21)15-10-6-3-7-11-15/h2-11,16,21H,12H2,1H3,(H,18,20). The van der Waals surface area contributed by atoms with Crippen LogP contribution in [-0.4, -0.2) is 22.9 Å². The Hall–Kier alpha value is -2.62. The van der Waals surface area contributed by atoms with E-state index in [1.807, 2.05) is 60.7 Å². The SMILES string of the molecule is CC(=O)NC(Cc1ccccc1)C(=NO)c1ccccc1. The Balaban J connectivity index is 2.28. The lowest BCUT2D eigenvalue weighted by Gasteiger charge is -2.19. The maximum Gasteiger partial charge on any atom is 0.217 e. The maximum atomic E-state index is 11.4. The lowest BCUT2D eigenvalue weighted by molar-refractivity contribution is -0.119. The van der Waals surface area contributed by atoms with Gasteiger partial charge < -0.3 is 10.5 Å². The van der Waals surface area contributed by atoms with E-state index in [0.717, 1.165) is 11.1 Å². The van der Waals surface area contributed by atoms with E-state index >= 15 is 0 Å². The second-order valence-electron chi connectivity index (χ2n) is 4.79. The lowest BCUT2D eigenvalue weighted by Crippen LogP contribution is -2.41. The summed E-state index contributed by atoms with van der Waals surface area (Å²) in [6.07, 6.45) is 0.564. The van der Waals surface area contributed by atoms with Crippen molar-refractivity contribution < 1.29 is 10.0 Å². The van der Waals surface area contributed by atoms with Crippen molar-refractivity contribution in [1.82, 2.24) is 5.32 Å². The van der Waals surface area contributed by atoms with Crippen molar-refractivity contribution in [2.24, 2.45) is 5.16 Å². The number of benzene rings is 2. The van der Waals surface area contributed by atoms with Crippen molar-refractivity contribution in [1.29, 1.82) is 0 Å². The Bertz CT molecular complexity index is 609. The largest absolute Gasteiger partial charge is 0.411 e. The summed E-state index contributed by atoms with van der Waals surface area (Å²) in [5.41, 5.74) is 2.30. The molecule has 0 saturated heterocycles. The molecule has 1 atom stereocenters. The van der Waals surface area contributed by atoms with Gasteiger partial charge in [0.15, 0.2) is 0 Å². The number of hydrogen-bond donors (Lipinski definition) is 2. The summed E-state index contributed by atoms with van der Waals surface area (Å²) in [4.78, 5) is 11.4. The highest BCUT2D eigenvalue weighted by molar-refractivity contribution is 6.05. The molecule has 4 heteroatoms. The molecule has 4 nitrogen and oxygen atoms in total. The average Bonchev–Trinajstić information content (AvgIpc) is 2.49. The van der Waals surface area contributed by atoms with Gasteiger partial charge in [0.25, 0.3) is 0 Å². The third-order valence-electron chi connectivity index (χ3n) is 3.17. The predicted octanol–water partition coefficient (Wildman–Crippen LogP) is 2.61. The summed E-state index contributed by atoms with van der Waals surface area (Å²) < 4.78 is 0. The van der Waals surface area contributed by atoms with Crippen molar-refractivity contribution in [3.63, 3.8) is 0 Å². The van der Waals surface area contributed by atoms with Crippen LogP contribution in [0, 0.1) is 0 Å². The Morgan fingerprint density at radius 3 is 2.19 bits per heavy atom. The van der Waals surface area contributed by atoms with Gasteiger partial charge in [-0.1, -0.05) is 65.8 Å². The highest BCUT2D eigenvalue weighted by atomic mass is 16.4. The van der Waals surface area contributed by atoms with Gasteiger partial charge in [0.2, 0.25) is 5.91 Å². The van der Waals surface area contributed by atoms with Crippen LogP contribution in [0.3, 0.4) is 0 Å². The molecular weight excluding hydrogens is 264 g/mol. The zero-order chi connectivity index (χ0) is 15.1. The molecule has 0 spiro atoms. The molecule has 2 aromatic carbocycles. The molecule has 0 aliphatic carbocycles. The van der Waals surface area contributed by atoms with Crippen LogP contribution in [0.1, 0.15) is 18.1 Å². The summed E-state index contributed by atoms with van der Waals surface area (Å²) in [5.74, 6) is -0.159. The van der Waals surface area contributed by atoms with Gasteiger partial charge in [-0.05, 0) is 12.0 Å². The fourth-order valence-corrected chi connectivity index (χ4v) is 2.25. The summed E-state index contributed by atoms with van der Waals surface area (Å²) in [6.45, 7) is 1.46. The Kier molecular flexibility index (Phi) is 5.10. The Morgan fingerprint density at radius 1 is 1.10 bits per heavy atom. The molecule has 2 N–H and O–H groups in total. The van der Waals surface area contributed by atoms with Gasteiger partial charge in [-0.15, -0.1) is 0 Å². The first-order chi connectivity index (χ1) is 10.2. The number of oxime groups is 1. The van der Waals surface area contributed by atoms with Crippen molar-refractivity contribution >= 4 is 11.6 Å². The van der Waals surface area contributed by atoms with E-state index in [9.17, 15) is 10.0 Å².